The van der Waals surface area contributed by atoms with Crippen molar-refractivity contribution in [3.8, 4) is 17.2 Å². The average molecular weight is 435 g/mol. The molecule has 0 saturated carbocycles. The molecule has 0 fully saturated rings. The summed E-state index contributed by atoms with van der Waals surface area (Å²) < 4.78 is 8.18. The van der Waals surface area contributed by atoms with Crippen molar-refractivity contribution in [2.75, 3.05) is 0 Å². The summed E-state index contributed by atoms with van der Waals surface area (Å²) in [4.78, 5) is 25.4. The van der Waals surface area contributed by atoms with Gasteiger partial charge in [-0.25, -0.2) is 4.98 Å². The molecule has 7 heteroatoms. The number of hydrogen-bond donors (Lipinski definition) is 1. The van der Waals surface area contributed by atoms with Gasteiger partial charge in [0, 0.05) is 59.7 Å². The first-order valence-electron chi connectivity index (χ1n) is 10.5. The highest BCUT2D eigenvalue weighted by atomic mass is 16.5. The summed E-state index contributed by atoms with van der Waals surface area (Å²) in [6, 6.07) is 17.0. The van der Waals surface area contributed by atoms with Crippen LogP contribution in [0.25, 0.3) is 16.6 Å². The van der Waals surface area contributed by atoms with Gasteiger partial charge in [-0.05, 0) is 61.0 Å². The summed E-state index contributed by atoms with van der Waals surface area (Å²) in [5.41, 5.74) is 4.10. The molecule has 33 heavy (non-hydrogen) atoms. The number of aromatic nitrogens is 4. The Labute approximate surface area is 190 Å². The number of nitrogens with zero attached hydrogens (tertiary/aromatic N) is 4. The van der Waals surface area contributed by atoms with E-state index in [2.05, 4.69) is 20.3 Å². The summed E-state index contributed by atoms with van der Waals surface area (Å²) in [7, 11) is 0. The Morgan fingerprint density at radius 2 is 1.85 bits per heavy atom. The van der Waals surface area contributed by atoms with Crippen LogP contribution in [0.2, 0.25) is 0 Å². The topological polar surface area (TPSA) is 81.9 Å². The highest BCUT2D eigenvalue weighted by Crippen LogP contribution is 2.32. The summed E-state index contributed by atoms with van der Waals surface area (Å²) in [5, 5.41) is 3.84. The molecule has 0 aliphatic heterocycles. The lowest BCUT2D eigenvalue weighted by Gasteiger charge is -2.14. The van der Waals surface area contributed by atoms with Gasteiger partial charge in [-0.1, -0.05) is 6.07 Å². The smallest absolute Gasteiger partial charge is 0.251 e. The fourth-order valence-corrected chi connectivity index (χ4v) is 3.64. The van der Waals surface area contributed by atoms with Crippen LogP contribution in [0.4, 0.5) is 0 Å². The molecule has 0 unspecified atom stereocenters. The number of carbonyl (C=O) groups is 1. The predicted molar refractivity (Wildman–Crippen MR) is 126 cm³/mol. The molecule has 0 spiro atoms. The molecule has 0 bridgehead atoms. The molecular formula is C26H21N5O2. The Bertz CT molecular complexity index is 1420. The average Bonchev–Trinajstić information content (AvgIpc) is 3.39. The minimum absolute atomic E-state index is 0.153. The minimum Gasteiger partial charge on any atom is -0.456 e. The molecule has 0 atom stereocenters. The molecule has 1 N–H and O–H groups in total. The SMILES string of the molecule is Cc1c(Oc2ccnc3cc(-n4ccnc4)ccc23)cccc1C(=O)NCc1ccncc1. The van der Waals surface area contributed by atoms with Gasteiger partial charge in [-0.15, -0.1) is 0 Å². The third-order valence-corrected chi connectivity index (χ3v) is 5.44. The number of fused-ring (bicyclic) bond motifs is 1. The molecule has 5 aromatic rings. The Morgan fingerprint density at radius 1 is 0.970 bits per heavy atom. The maximum absolute atomic E-state index is 12.8. The van der Waals surface area contributed by atoms with Crippen molar-refractivity contribution in [2.45, 2.75) is 13.5 Å². The van der Waals surface area contributed by atoms with Gasteiger partial charge in [0.1, 0.15) is 11.5 Å². The number of rotatable bonds is 6. The summed E-state index contributed by atoms with van der Waals surface area (Å²) >= 11 is 0. The van der Waals surface area contributed by atoms with Crippen LogP contribution < -0.4 is 10.1 Å². The number of benzene rings is 2. The summed E-state index contributed by atoms with van der Waals surface area (Å²) in [6.45, 7) is 2.32. The number of ether oxygens (including phenoxy) is 1. The van der Waals surface area contributed by atoms with Crippen LogP contribution in [0, 0.1) is 6.92 Å². The largest absolute Gasteiger partial charge is 0.456 e. The molecule has 3 heterocycles. The van der Waals surface area contributed by atoms with Crippen molar-refractivity contribution in [3.05, 3.63) is 109 Å². The van der Waals surface area contributed by atoms with Crippen molar-refractivity contribution < 1.29 is 9.53 Å². The van der Waals surface area contributed by atoms with E-state index in [-0.39, 0.29) is 5.91 Å². The molecule has 162 valence electrons. The first-order valence-corrected chi connectivity index (χ1v) is 10.5. The highest BCUT2D eigenvalue weighted by Gasteiger charge is 2.14. The molecule has 0 saturated heterocycles. The minimum atomic E-state index is -0.153. The number of imidazole rings is 1. The number of hydrogen-bond acceptors (Lipinski definition) is 5. The van der Waals surface area contributed by atoms with Gasteiger partial charge >= 0.3 is 0 Å². The van der Waals surface area contributed by atoms with Crippen LogP contribution in [0.1, 0.15) is 21.5 Å². The lowest BCUT2D eigenvalue weighted by molar-refractivity contribution is 0.0950. The first-order chi connectivity index (χ1) is 16.2. The van der Waals surface area contributed by atoms with Gasteiger partial charge < -0.3 is 14.6 Å². The third kappa shape index (κ3) is 4.29. The molecule has 2 aromatic carbocycles. The van der Waals surface area contributed by atoms with Crippen molar-refractivity contribution in [2.24, 2.45) is 0 Å². The monoisotopic (exact) mass is 435 g/mol. The van der Waals surface area contributed by atoms with Crippen LogP contribution in [-0.2, 0) is 6.54 Å². The van der Waals surface area contributed by atoms with Gasteiger partial charge in [0.25, 0.3) is 5.91 Å². The van der Waals surface area contributed by atoms with Crippen molar-refractivity contribution >= 4 is 16.8 Å². The van der Waals surface area contributed by atoms with E-state index in [1.807, 2.05) is 66.2 Å². The predicted octanol–water partition coefficient (Wildman–Crippen LogP) is 4.85. The molecule has 1 amide bonds. The van der Waals surface area contributed by atoms with Crippen LogP contribution >= 0.6 is 0 Å². The van der Waals surface area contributed by atoms with Crippen LogP contribution in [0.15, 0.2) is 91.9 Å². The molecule has 3 aromatic heterocycles. The van der Waals surface area contributed by atoms with E-state index < -0.39 is 0 Å². The zero-order valence-electron chi connectivity index (χ0n) is 18.0. The van der Waals surface area contributed by atoms with E-state index in [0.717, 1.165) is 27.7 Å². The number of nitrogens with one attached hydrogen (secondary N) is 1. The molecule has 5 rings (SSSR count). The van der Waals surface area contributed by atoms with E-state index in [1.165, 1.54) is 0 Å². The van der Waals surface area contributed by atoms with E-state index in [1.54, 1.807) is 37.2 Å². The molecular weight excluding hydrogens is 414 g/mol. The Morgan fingerprint density at radius 3 is 2.67 bits per heavy atom. The number of carbonyl (C=O) groups excluding carboxylic acids is 1. The molecule has 0 aliphatic carbocycles. The maximum Gasteiger partial charge on any atom is 0.251 e. The lowest BCUT2D eigenvalue weighted by atomic mass is 10.1. The zero-order valence-corrected chi connectivity index (χ0v) is 18.0. The van der Waals surface area contributed by atoms with Gasteiger partial charge in [0.15, 0.2) is 0 Å². The van der Waals surface area contributed by atoms with Crippen molar-refractivity contribution in [1.29, 1.82) is 0 Å². The lowest BCUT2D eigenvalue weighted by Crippen LogP contribution is -2.23. The van der Waals surface area contributed by atoms with E-state index >= 15 is 0 Å². The second-order valence-electron chi connectivity index (χ2n) is 7.55. The van der Waals surface area contributed by atoms with Crippen molar-refractivity contribution in [1.82, 2.24) is 24.8 Å². The summed E-state index contributed by atoms with van der Waals surface area (Å²) in [6.07, 6.45) is 10.5. The number of amides is 1. The van der Waals surface area contributed by atoms with Gasteiger partial charge in [-0.2, -0.15) is 0 Å². The first kappa shape index (κ1) is 20.4. The fourth-order valence-electron chi connectivity index (χ4n) is 3.64. The van der Waals surface area contributed by atoms with Gasteiger partial charge in [0.05, 0.1) is 11.8 Å². The van der Waals surface area contributed by atoms with Crippen LogP contribution in [0.3, 0.4) is 0 Å². The molecule has 0 aliphatic rings. The van der Waals surface area contributed by atoms with Gasteiger partial charge in [0.2, 0.25) is 0 Å². The maximum atomic E-state index is 12.8. The summed E-state index contributed by atoms with van der Waals surface area (Å²) in [5.74, 6) is 1.15. The Balaban J connectivity index is 1.40. The van der Waals surface area contributed by atoms with Gasteiger partial charge in [-0.3, -0.25) is 14.8 Å². The third-order valence-electron chi connectivity index (χ3n) is 5.44. The second-order valence-corrected chi connectivity index (χ2v) is 7.55. The van der Waals surface area contributed by atoms with E-state index in [0.29, 0.717) is 23.6 Å². The van der Waals surface area contributed by atoms with Crippen LogP contribution in [-0.4, -0.2) is 25.4 Å². The van der Waals surface area contributed by atoms with Crippen LogP contribution in [0.5, 0.6) is 11.5 Å². The highest BCUT2D eigenvalue weighted by molar-refractivity contribution is 5.96. The second kappa shape index (κ2) is 8.92. The Hall–Kier alpha value is -4.52. The van der Waals surface area contributed by atoms with E-state index in [4.69, 9.17) is 4.74 Å². The van der Waals surface area contributed by atoms with E-state index in [9.17, 15) is 4.79 Å². The standard InChI is InChI=1S/C26H21N5O2/c1-18-21(26(32)30-16-19-7-10-27-11-8-19)3-2-4-24(18)33-25-9-12-29-23-15-20(5-6-22(23)25)31-14-13-28-17-31/h2-15,17H,16H2,1H3,(H,30,32). The quantitative estimate of drug-likeness (QED) is 0.412. The Kier molecular flexibility index (Phi) is 5.51. The molecule has 7 nitrogen and oxygen atoms in total. The normalized spacial score (nSPS) is 10.8. The number of pyridine rings is 2. The fraction of sp³-hybridized carbons (Fsp3) is 0.0769. The molecule has 0 radical (unpaired) electrons. The van der Waals surface area contributed by atoms with Crippen molar-refractivity contribution in [3.63, 3.8) is 0 Å². The zero-order chi connectivity index (χ0) is 22.6.